The number of benzene rings is 1. The zero-order valence-electron chi connectivity index (χ0n) is 16.8. The molecule has 4 rings (SSSR count). The minimum Gasteiger partial charge on any atom is -0.496 e. The van der Waals surface area contributed by atoms with Crippen molar-refractivity contribution >= 4 is 5.91 Å². The Labute approximate surface area is 170 Å². The molecule has 0 bridgehead atoms. The second-order valence-corrected chi connectivity index (χ2v) is 7.86. The van der Waals surface area contributed by atoms with Crippen LogP contribution in [0.5, 0.6) is 5.75 Å². The fourth-order valence-corrected chi connectivity index (χ4v) is 4.54. The maximum absolute atomic E-state index is 11.6. The summed E-state index contributed by atoms with van der Waals surface area (Å²) < 4.78 is 13.3. The van der Waals surface area contributed by atoms with Gasteiger partial charge in [-0.1, -0.05) is 12.1 Å². The van der Waals surface area contributed by atoms with Crippen molar-refractivity contribution in [1.82, 2.24) is 20.2 Å². The smallest absolute Gasteiger partial charge is 0.220 e. The van der Waals surface area contributed by atoms with E-state index in [1.165, 1.54) is 4.90 Å². The quantitative estimate of drug-likeness (QED) is 0.661. The Balaban J connectivity index is 1.66. The van der Waals surface area contributed by atoms with E-state index in [2.05, 4.69) is 21.6 Å². The first-order chi connectivity index (χ1) is 14.2. The van der Waals surface area contributed by atoms with Crippen LogP contribution < -0.4 is 15.4 Å². The summed E-state index contributed by atoms with van der Waals surface area (Å²) in [6.07, 6.45) is 3.78. The standard InChI is InChI=1S/C20H28N6O3/c1-28-17-7-3-2-6-16(17)18(25-10-8-14(9-11-25)19(21)27)20-22-23-24-26(20)13-15-5-4-12-29-15/h2-3,6-7,14-15,18H,4-5,8-13H2,1H3,(H2,21,27)/p+1/t15-,18+/m1/s1. The molecule has 0 saturated carbocycles. The molecule has 0 aliphatic carbocycles. The highest BCUT2D eigenvalue weighted by Crippen LogP contribution is 2.28. The monoisotopic (exact) mass is 401 g/mol. The molecule has 3 heterocycles. The third kappa shape index (κ3) is 4.25. The minimum absolute atomic E-state index is 0.0556. The first kappa shape index (κ1) is 19.8. The number of rotatable bonds is 7. The van der Waals surface area contributed by atoms with Crippen LogP contribution in [0.4, 0.5) is 0 Å². The van der Waals surface area contributed by atoms with Gasteiger partial charge in [-0.05, 0) is 35.4 Å². The Morgan fingerprint density at radius 3 is 2.83 bits per heavy atom. The second kappa shape index (κ2) is 8.87. The van der Waals surface area contributed by atoms with Crippen LogP contribution in [0.25, 0.3) is 0 Å². The van der Waals surface area contributed by atoms with Crippen LogP contribution >= 0.6 is 0 Å². The number of nitrogens with two attached hydrogens (primary N) is 1. The Kier molecular flexibility index (Phi) is 6.05. The number of nitrogens with one attached hydrogen (secondary N) is 1. The number of para-hydroxylation sites is 1. The summed E-state index contributed by atoms with van der Waals surface area (Å²) in [5.41, 5.74) is 6.58. The first-order valence-electron chi connectivity index (χ1n) is 10.3. The molecule has 2 saturated heterocycles. The van der Waals surface area contributed by atoms with Crippen molar-refractivity contribution in [2.75, 3.05) is 26.8 Å². The fourth-order valence-electron chi connectivity index (χ4n) is 4.54. The van der Waals surface area contributed by atoms with Crippen LogP contribution in [-0.4, -0.2) is 59.0 Å². The molecule has 0 radical (unpaired) electrons. The van der Waals surface area contributed by atoms with E-state index >= 15 is 0 Å². The summed E-state index contributed by atoms with van der Waals surface area (Å²) in [6.45, 7) is 3.08. The van der Waals surface area contributed by atoms with E-state index in [0.717, 1.165) is 62.5 Å². The zero-order valence-corrected chi connectivity index (χ0v) is 16.8. The van der Waals surface area contributed by atoms with Crippen molar-refractivity contribution in [2.45, 2.75) is 44.4 Å². The number of likely N-dealkylation sites (tertiary alicyclic amines) is 1. The molecule has 0 unspecified atom stereocenters. The van der Waals surface area contributed by atoms with Crippen LogP contribution in [0.3, 0.4) is 0 Å². The van der Waals surface area contributed by atoms with Gasteiger partial charge in [0.25, 0.3) is 0 Å². The maximum atomic E-state index is 11.6. The van der Waals surface area contributed by atoms with Crippen molar-refractivity contribution in [3.63, 3.8) is 0 Å². The number of ether oxygens (including phenoxy) is 2. The SMILES string of the molecule is COc1ccccc1[C@@H](c1nnnn1C[C@H]1CCCO1)[NH+]1CCC(C(N)=O)CC1. The van der Waals surface area contributed by atoms with Gasteiger partial charge in [0, 0.05) is 25.4 Å². The molecule has 29 heavy (non-hydrogen) atoms. The number of quaternary nitrogens is 1. The summed E-state index contributed by atoms with van der Waals surface area (Å²) >= 11 is 0. The summed E-state index contributed by atoms with van der Waals surface area (Å²) in [6, 6.07) is 7.92. The Morgan fingerprint density at radius 2 is 2.14 bits per heavy atom. The average molecular weight is 401 g/mol. The maximum Gasteiger partial charge on any atom is 0.220 e. The van der Waals surface area contributed by atoms with Gasteiger partial charge in [-0.2, -0.15) is 0 Å². The van der Waals surface area contributed by atoms with Gasteiger partial charge in [-0.15, -0.1) is 5.10 Å². The molecule has 2 aliphatic heterocycles. The average Bonchev–Trinajstić information content (AvgIpc) is 3.42. The third-order valence-corrected chi connectivity index (χ3v) is 6.11. The van der Waals surface area contributed by atoms with Crippen LogP contribution in [-0.2, 0) is 16.1 Å². The van der Waals surface area contributed by atoms with Gasteiger partial charge in [-0.25, -0.2) is 4.68 Å². The lowest BCUT2D eigenvalue weighted by molar-refractivity contribution is -0.931. The van der Waals surface area contributed by atoms with E-state index in [1.54, 1.807) is 7.11 Å². The summed E-state index contributed by atoms with van der Waals surface area (Å²) in [5.74, 6) is 1.35. The number of hydrogen-bond donors (Lipinski definition) is 2. The number of carbonyl (C=O) groups excluding carboxylic acids is 1. The molecular weight excluding hydrogens is 372 g/mol. The lowest BCUT2D eigenvalue weighted by Gasteiger charge is -2.34. The predicted octanol–water partition coefficient (Wildman–Crippen LogP) is -0.270. The lowest BCUT2D eigenvalue weighted by Crippen LogP contribution is -3.13. The summed E-state index contributed by atoms with van der Waals surface area (Å²) in [4.78, 5) is 12.9. The van der Waals surface area contributed by atoms with E-state index < -0.39 is 0 Å². The fraction of sp³-hybridized carbons (Fsp3) is 0.600. The summed E-state index contributed by atoms with van der Waals surface area (Å²) in [5, 5.41) is 12.7. The van der Waals surface area contributed by atoms with Gasteiger partial charge >= 0.3 is 0 Å². The topological polar surface area (TPSA) is 110 Å². The highest BCUT2D eigenvalue weighted by atomic mass is 16.5. The molecule has 1 aromatic heterocycles. The lowest BCUT2D eigenvalue weighted by atomic mass is 9.93. The molecule has 2 atom stereocenters. The molecular formula is C20H29N6O3+. The number of methoxy groups -OCH3 is 1. The van der Waals surface area contributed by atoms with E-state index in [-0.39, 0.29) is 24.0 Å². The number of piperidine rings is 1. The Morgan fingerprint density at radius 1 is 1.34 bits per heavy atom. The van der Waals surface area contributed by atoms with Crippen LogP contribution in [0.15, 0.2) is 24.3 Å². The molecule has 1 aromatic carbocycles. The molecule has 1 amide bonds. The molecule has 156 valence electrons. The predicted molar refractivity (Wildman–Crippen MR) is 104 cm³/mol. The van der Waals surface area contributed by atoms with Gasteiger partial charge in [0.15, 0.2) is 6.04 Å². The van der Waals surface area contributed by atoms with E-state index in [0.29, 0.717) is 6.54 Å². The number of nitrogens with zero attached hydrogens (tertiary/aromatic N) is 4. The van der Waals surface area contributed by atoms with E-state index in [9.17, 15) is 4.79 Å². The highest BCUT2D eigenvalue weighted by molar-refractivity contribution is 5.76. The molecule has 2 aliphatic rings. The van der Waals surface area contributed by atoms with E-state index in [1.807, 2.05) is 22.9 Å². The van der Waals surface area contributed by atoms with Crippen molar-refractivity contribution in [3.8, 4) is 5.75 Å². The number of hydrogen-bond acceptors (Lipinski definition) is 6. The normalized spacial score (nSPS) is 25.6. The van der Waals surface area contributed by atoms with Crippen LogP contribution in [0, 0.1) is 5.92 Å². The number of primary amides is 1. The molecule has 3 N–H and O–H groups in total. The Hall–Kier alpha value is -2.52. The molecule has 9 nitrogen and oxygen atoms in total. The molecule has 9 heteroatoms. The van der Waals surface area contributed by atoms with Gasteiger partial charge in [0.2, 0.25) is 11.7 Å². The van der Waals surface area contributed by atoms with Gasteiger partial charge in [0.05, 0.1) is 38.4 Å². The molecule has 0 spiro atoms. The summed E-state index contributed by atoms with van der Waals surface area (Å²) in [7, 11) is 1.68. The van der Waals surface area contributed by atoms with Crippen molar-refractivity contribution in [2.24, 2.45) is 11.7 Å². The van der Waals surface area contributed by atoms with Gasteiger partial charge in [0.1, 0.15) is 5.75 Å². The third-order valence-electron chi connectivity index (χ3n) is 6.11. The number of tetrazole rings is 1. The Bertz CT molecular complexity index is 827. The first-order valence-corrected chi connectivity index (χ1v) is 10.3. The number of aromatic nitrogens is 4. The van der Waals surface area contributed by atoms with Gasteiger partial charge < -0.3 is 20.1 Å². The van der Waals surface area contributed by atoms with Crippen molar-refractivity contribution < 1.29 is 19.2 Å². The second-order valence-electron chi connectivity index (χ2n) is 7.86. The number of amides is 1. The minimum atomic E-state index is -0.207. The molecule has 2 fully saturated rings. The van der Waals surface area contributed by atoms with Crippen molar-refractivity contribution in [1.29, 1.82) is 0 Å². The van der Waals surface area contributed by atoms with Crippen LogP contribution in [0.1, 0.15) is 43.1 Å². The largest absolute Gasteiger partial charge is 0.496 e. The highest BCUT2D eigenvalue weighted by Gasteiger charge is 2.37. The van der Waals surface area contributed by atoms with Gasteiger partial charge in [-0.3, -0.25) is 4.79 Å². The van der Waals surface area contributed by atoms with Crippen molar-refractivity contribution in [3.05, 3.63) is 35.7 Å². The molecule has 2 aromatic rings. The number of carbonyl (C=O) groups is 1. The van der Waals surface area contributed by atoms with E-state index in [4.69, 9.17) is 15.2 Å². The zero-order chi connectivity index (χ0) is 20.2. The van der Waals surface area contributed by atoms with Crippen LogP contribution in [0.2, 0.25) is 0 Å².